The van der Waals surface area contributed by atoms with Crippen LogP contribution < -0.4 is 16.8 Å². The maximum Gasteiger partial charge on any atom is 0.332 e. The van der Waals surface area contributed by atoms with E-state index in [0.29, 0.717) is 28.6 Å². The smallest absolute Gasteiger partial charge is 0.324 e. The third-order valence-electron chi connectivity index (χ3n) is 5.59. The quantitative estimate of drug-likeness (QED) is 0.377. The van der Waals surface area contributed by atoms with Gasteiger partial charge in [-0.1, -0.05) is 11.8 Å². The number of hydrogen-bond donors (Lipinski definition) is 1. The van der Waals surface area contributed by atoms with Crippen molar-refractivity contribution >= 4 is 44.5 Å². The molecule has 4 heterocycles. The largest absolute Gasteiger partial charge is 0.332 e. The summed E-state index contributed by atoms with van der Waals surface area (Å²) in [6, 6.07) is 0. The number of fused-ring (bicyclic) bond motifs is 4. The molecule has 0 aromatic carbocycles. The number of aryl methyl sites for hydroxylation is 4. The number of H-pyrrole nitrogens is 1. The third-order valence-corrected chi connectivity index (χ3v) is 7.63. The Balaban J connectivity index is 1.41. The Morgan fingerprint density at radius 2 is 1.97 bits per heavy atom. The van der Waals surface area contributed by atoms with E-state index >= 15 is 0 Å². The molecule has 0 bridgehead atoms. The second-order valence-electron chi connectivity index (χ2n) is 7.43. The molecule has 0 spiro atoms. The minimum Gasteiger partial charge on any atom is -0.324 e. The van der Waals surface area contributed by atoms with Crippen LogP contribution >= 0.6 is 23.1 Å². The molecule has 0 amide bonds. The monoisotopic (exact) mass is 444 g/mol. The minimum atomic E-state index is -0.402. The molecule has 5 rings (SSSR count). The minimum absolute atomic E-state index is 0.0705. The van der Waals surface area contributed by atoms with Gasteiger partial charge >= 0.3 is 5.69 Å². The van der Waals surface area contributed by atoms with Crippen molar-refractivity contribution in [2.75, 3.05) is 5.75 Å². The molecule has 156 valence electrons. The van der Waals surface area contributed by atoms with E-state index in [-0.39, 0.29) is 11.1 Å². The average molecular weight is 445 g/mol. The number of thiophene rings is 1. The second-order valence-corrected chi connectivity index (χ2v) is 9.59. The van der Waals surface area contributed by atoms with Crippen LogP contribution in [0, 0.1) is 0 Å². The van der Waals surface area contributed by atoms with Crippen LogP contribution in [0.4, 0.5) is 0 Å². The maximum absolute atomic E-state index is 12.7. The van der Waals surface area contributed by atoms with Gasteiger partial charge in [0.2, 0.25) is 0 Å². The summed E-state index contributed by atoms with van der Waals surface area (Å²) in [7, 11) is 3.06. The van der Waals surface area contributed by atoms with Crippen molar-refractivity contribution in [2.24, 2.45) is 14.1 Å². The van der Waals surface area contributed by atoms with Crippen molar-refractivity contribution in [3.63, 3.8) is 0 Å². The second kappa shape index (κ2) is 7.24. The van der Waals surface area contributed by atoms with Gasteiger partial charge in [-0.25, -0.2) is 14.8 Å². The van der Waals surface area contributed by atoms with E-state index in [1.807, 2.05) is 0 Å². The molecule has 0 atom stereocenters. The number of hydrogen-bond acceptors (Lipinski definition) is 7. The fourth-order valence-electron chi connectivity index (χ4n) is 4.02. The van der Waals surface area contributed by atoms with Crippen molar-refractivity contribution in [1.29, 1.82) is 0 Å². The molecule has 1 N–H and O–H groups in total. The molecule has 9 nitrogen and oxygen atoms in total. The van der Waals surface area contributed by atoms with Gasteiger partial charge in [0.15, 0.2) is 16.3 Å². The molecule has 0 radical (unpaired) electrons. The number of thioether (sulfide) groups is 1. The van der Waals surface area contributed by atoms with Crippen molar-refractivity contribution in [2.45, 2.75) is 37.4 Å². The first-order chi connectivity index (χ1) is 14.5. The Bertz CT molecular complexity index is 1470. The molecule has 4 aromatic rings. The van der Waals surface area contributed by atoms with E-state index < -0.39 is 5.69 Å². The van der Waals surface area contributed by atoms with E-state index in [0.717, 1.165) is 34.0 Å². The number of aromatic nitrogens is 6. The van der Waals surface area contributed by atoms with E-state index in [1.165, 1.54) is 40.2 Å². The summed E-state index contributed by atoms with van der Waals surface area (Å²) in [6.45, 7) is 0.497. The fourth-order valence-corrected chi connectivity index (χ4v) is 6.14. The summed E-state index contributed by atoms with van der Waals surface area (Å²) >= 11 is 3.07. The third kappa shape index (κ3) is 2.95. The molecule has 1 aliphatic carbocycles. The van der Waals surface area contributed by atoms with Crippen LogP contribution in [0.5, 0.6) is 0 Å². The van der Waals surface area contributed by atoms with Crippen LogP contribution in [0.15, 0.2) is 25.9 Å². The number of imidazole rings is 1. The zero-order valence-electron chi connectivity index (χ0n) is 16.6. The van der Waals surface area contributed by atoms with Crippen LogP contribution in [0.2, 0.25) is 0 Å². The molecule has 0 aliphatic heterocycles. The van der Waals surface area contributed by atoms with Crippen molar-refractivity contribution in [3.8, 4) is 0 Å². The summed E-state index contributed by atoms with van der Waals surface area (Å²) in [6.07, 6.45) is 5.85. The van der Waals surface area contributed by atoms with Gasteiger partial charge in [0.1, 0.15) is 4.83 Å². The zero-order chi connectivity index (χ0) is 21.0. The first-order valence-electron chi connectivity index (χ1n) is 9.74. The van der Waals surface area contributed by atoms with Gasteiger partial charge in [0.05, 0.1) is 11.7 Å². The summed E-state index contributed by atoms with van der Waals surface area (Å²) in [5, 5.41) is 1.33. The van der Waals surface area contributed by atoms with Crippen molar-refractivity contribution in [3.05, 3.63) is 48.0 Å². The zero-order valence-corrected chi connectivity index (χ0v) is 18.2. The average Bonchev–Trinajstić information content (AvgIpc) is 3.32. The van der Waals surface area contributed by atoms with Crippen LogP contribution in [0.1, 0.15) is 23.3 Å². The SMILES string of the molecule is Cn1c(=O)c2c(ncn2CCSc2nc3sc4c(c3c(=O)[nH]2)CCCC4)n(C)c1=O. The highest BCUT2D eigenvalue weighted by Gasteiger charge is 2.20. The summed E-state index contributed by atoms with van der Waals surface area (Å²) in [5.41, 5.74) is 1.10. The molecular formula is C19H20N6O3S2. The number of nitrogens with one attached hydrogen (secondary N) is 1. The number of aromatic amines is 1. The maximum atomic E-state index is 12.7. The topological polar surface area (TPSA) is 108 Å². The van der Waals surface area contributed by atoms with Gasteiger partial charge < -0.3 is 9.55 Å². The molecule has 11 heteroatoms. The van der Waals surface area contributed by atoms with E-state index in [2.05, 4.69) is 15.0 Å². The first kappa shape index (κ1) is 19.3. The predicted molar refractivity (Wildman–Crippen MR) is 118 cm³/mol. The van der Waals surface area contributed by atoms with Crippen molar-refractivity contribution < 1.29 is 0 Å². The van der Waals surface area contributed by atoms with Gasteiger partial charge in [-0.05, 0) is 31.2 Å². The molecular weight excluding hydrogens is 424 g/mol. The van der Waals surface area contributed by atoms with Gasteiger partial charge in [0.25, 0.3) is 11.1 Å². The standard InChI is InChI=1S/C19H20N6O3S2/c1-23-14-13(17(27)24(2)19(23)28)25(9-20-14)7-8-29-18-21-15(26)12-10-5-3-4-6-11(10)30-16(12)22-18/h9H,3-8H2,1-2H3,(H,21,22,26). The summed E-state index contributed by atoms with van der Waals surface area (Å²) in [5.74, 6) is 0.594. The Morgan fingerprint density at radius 1 is 1.17 bits per heavy atom. The molecule has 1 aliphatic rings. The number of rotatable bonds is 4. The molecule has 4 aromatic heterocycles. The first-order valence-corrected chi connectivity index (χ1v) is 11.5. The molecule has 0 fully saturated rings. The van der Waals surface area contributed by atoms with E-state index in [1.54, 1.807) is 29.3 Å². The van der Waals surface area contributed by atoms with Crippen molar-refractivity contribution in [1.82, 2.24) is 28.7 Å². The van der Waals surface area contributed by atoms with Gasteiger partial charge in [0, 0.05) is 31.3 Å². The lowest BCUT2D eigenvalue weighted by Gasteiger charge is -2.09. The van der Waals surface area contributed by atoms with Gasteiger partial charge in [-0.15, -0.1) is 11.3 Å². The summed E-state index contributed by atoms with van der Waals surface area (Å²) < 4.78 is 4.19. The predicted octanol–water partition coefficient (Wildman–Crippen LogP) is 1.40. The normalized spacial score (nSPS) is 13.9. The lowest BCUT2D eigenvalue weighted by Crippen LogP contribution is -2.37. The van der Waals surface area contributed by atoms with Crippen LogP contribution in [-0.4, -0.2) is 34.4 Å². The molecule has 0 unspecified atom stereocenters. The van der Waals surface area contributed by atoms with E-state index in [4.69, 9.17) is 0 Å². The highest BCUT2D eigenvalue weighted by Crippen LogP contribution is 2.34. The Labute approximate surface area is 178 Å². The van der Waals surface area contributed by atoms with Gasteiger partial charge in [-0.3, -0.25) is 18.7 Å². The molecule has 0 saturated carbocycles. The van der Waals surface area contributed by atoms with Gasteiger partial charge in [-0.2, -0.15) is 0 Å². The van der Waals surface area contributed by atoms with Crippen LogP contribution in [0.25, 0.3) is 21.4 Å². The highest BCUT2D eigenvalue weighted by molar-refractivity contribution is 7.99. The summed E-state index contributed by atoms with van der Waals surface area (Å²) in [4.78, 5) is 51.2. The molecule has 30 heavy (non-hydrogen) atoms. The van der Waals surface area contributed by atoms with E-state index in [9.17, 15) is 14.4 Å². The Morgan fingerprint density at radius 3 is 2.80 bits per heavy atom. The van der Waals surface area contributed by atoms with Crippen LogP contribution in [-0.2, 0) is 33.5 Å². The molecule has 0 saturated heterocycles. The highest BCUT2D eigenvalue weighted by atomic mass is 32.2. The fraction of sp³-hybridized carbons (Fsp3) is 0.421. The van der Waals surface area contributed by atoms with Crippen LogP contribution in [0.3, 0.4) is 0 Å². The Hall–Kier alpha value is -2.66. The Kier molecular flexibility index (Phi) is 4.66. The lowest BCUT2D eigenvalue weighted by molar-refractivity contribution is 0.699. The lowest BCUT2D eigenvalue weighted by atomic mass is 9.97. The number of nitrogens with zero attached hydrogens (tertiary/aromatic N) is 5.